The van der Waals surface area contributed by atoms with Crippen molar-refractivity contribution in [1.82, 2.24) is 5.32 Å². The maximum atomic E-state index is 13.2. The first-order valence-electron chi connectivity index (χ1n) is 11.5. The molecule has 4 aromatic rings. The van der Waals surface area contributed by atoms with Gasteiger partial charge >= 0.3 is 6.03 Å². The molecule has 1 saturated heterocycles. The molecular weight excluding hydrogens is 572 g/mol. The lowest BCUT2D eigenvalue weighted by Gasteiger charge is -2.26. The van der Waals surface area contributed by atoms with E-state index in [1.54, 1.807) is 24.3 Å². The van der Waals surface area contributed by atoms with Gasteiger partial charge in [0.2, 0.25) is 0 Å². The zero-order chi connectivity index (χ0) is 26.8. The number of urea groups is 1. The van der Waals surface area contributed by atoms with E-state index in [4.69, 9.17) is 21.1 Å². The number of nitrogens with one attached hydrogen (secondary N) is 1. The molecule has 7 nitrogen and oxygen atoms in total. The van der Waals surface area contributed by atoms with Crippen molar-refractivity contribution in [3.05, 3.63) is 105 Å². The number of methoxy groups -OCH3 is 1. The van der Waals surface area contributed by atoms with Crippen LogP contribution in [-0.2, 0) is 16.2 Å². The molecule has 1 aliphatic rings. The monoisotopic (exact) mass is 590 g/mol. The summed E-state index contributed by atoms with van der Waals surface area (Å²) in [7, 11) is 1.50. The third-order valence-corrected chi connectivity index (χ3v) is 6.97. The molecule has 0 aromatic heterocycles. The van der Waals surface area contributed by atoms with Gasteiger partial charge < -0.3 is 9.47 Å². The van der Waals surface area contributed by atoms with Crippen molar-refractivity contribution in [2.24, 2.45) is 0 Å². The summed E-state index contributed by atoms with van der Waals surface area (Å²) in [5.74, 6) is -0.669. The van der Waals surface area contributed by atoms with Crippen molar-refractivity contribution in [3.8, 4) is 11.5 Å². The molecule has 0 bridgehead atoms. The Hall–Kier alpha value is -4.14. The molecular formula is C29H20BrClN2O5. The minimum Gasteiger partial charge on any atom is -0.493 e. The molecule has 0 aliphatic carbocycles. The molecule has 1 heterocycles. The molecule has 0 saturated carbocycles. The van der Waals surface area contributed by atoms with E-state index >= 15 is 0 Å². The number of hydrogen-bond acceptors (Lipinski definition) is 5. The van der Waals surface area contributed by atoms with E-state index in [2.05, 4.69) is 21.2 Å². The van der Waals surface area contributed by atoms with Gasteiger partial charge in [-0.1, -0.05) is 70.0 Å². The molecule has 0 unspecified atom stereocenters. The smallest absolute Gasteiger partial charge is 0.335 e. The van der Waals surface area contributed by atoms with Crippen LogP contribution in [0.5, 0.6) is 11.5 Å². The van der Waals surface area contributed by atoms with E-state index in [1.807, 2.05) is 42.5 Å². The van der Waals surface area contributed by atoms with Gasteiger partial charge in [0.25, 0.3) is 11.8 Å². The first-order chi connectivity index (χ1) is 18.4. The van der Waals surface area contributed by atoms with Gasteiger partial charge in [-0.05, 0) is 64.4 Å². The number of barbiturate groups is 1. The fourth-order valence-corrected chi connectivity index (χ4v) is 4.71. The number of rotatable bonds is 6. The fraction of sp³-hybridized carbons (Fsp3) is 0.0690. The average molecular weight is 592 g/mol. The molecule has 4 aromatic carbocycles. The SMILES string of the molecule is COc1cc(/C=C2\C(=O)NC(=O)N(c3ccc(Cl)cc3)C2=O)c(Br)cc1OCc1cccc2ccccc12. The van der Waals surface area contributed by atoms with Gasteiger partial charge in [-0.2, -0.15) is 0 Å². The van der Waals surface area contributed by atoms with Crippen molar-refractivity contribution in [1.29, 1.82) is 0 Å². The Morgan fingerprint density at radius 1 is 0.947 bits per heavy atom. The molecule has 1 N–H and O–H groups in total. The Balaban J connectivity index is 1.44. The Labute approximate surface area is 231 Å². The van der Waals surface area contributed by atoms with Gasteiger partial charge in [-0.3, -0.25) is 14.9 Å². The van der Waals surface area contributed by atoms with Crippen LogP contribution in [0.3, 0.4) is 0 Å². The average Bonchev–Trinajstić information content (AvgIpc) is 2.91. The largest absolute Gasteiger partial charge is 0.493 e. The number of hydrogen-bond donors (Lipinski definition) is 1. The highest BCUT2D eigenvalue weighted by atomic mass is 79.9. The third-order valence-electron chi connectivity index (χ3n) is 6.03. The summed E-state index contributed by atoms with van der Waals surface area (Å²) in [5.41, 5.74) is 1.57. The predicted molar refractivity (Wildman–Crippen MR) is 149 cm³/mol. The van der Waals surface area contributed by atoms with Crippen LogP contribution in [0.25, 0.3) is 16.8 Å². The lowest BCUT2D eigenvalue weighted by atomic mass is 10.1. The minimum absolute atomic E-state index is 0.216. The van der Waals surface area contributed by atoms with Gasteiger partial charge in [-0.15, -0.1) is 0 Å². The maximum absolute atomic E-state index is 13.2. The van der Waals surface area contributed by atoms with E-state index in [9.17, 15) is 14.4 Å². The molecule has 4 amide bonds. The molecule has 190 valence electrons. The molecule has 0 radical (unpaired) electrons. The van der Waals surface area contributed by atoms with Crippen LogP contribution < -0.4 is 19.7 Å². The first-order valence-corrected chi connectivity index (χ1v) is 12.7. The molecule has 5 rings (SSSR count). The van der Waals surface area contributed by atoms with Crippen molar-refractivity contribution >= 4 is 67.9 Å². The van der Waals surface area contributed by atoms with E-state index in [0.717, 1.165) is 21.2 Å². The summed E-state index contributed by atoms with van der Waals surface area (Å²) >= 11 is 9.43. The normalized spacial score (nSPS) is 14.7. The number of benzene rings is 4. The zero-order valence-corrected chi connectivity index (χ0v) is 22.4. The Morgan fingerprint density at radius 3 is 2.45 bits per heavy atom. The summed E-state index contributed by atoms with van der Waals surface area (Å²) < 4.78 is 12.2. The Bertz CT molecular complexity index is 1610. The minimum atomic E-state index is -0.840. The lowest BCUT2D eigenvalue weighted by molar-refractivity contribution is -0.122. The number of carbonyl (C=O) groups excluding carboxylic acids is 3. The van der Waals surface area contributed by atoms with Gasteiger partial charge in [0, 0.05) is 9.50 Å². The number of halogens is 2. The zero-order valence-electron chi connectivity index (χ0n) is 20.0. The highest BCUT2D eigenvalue weighted by molar-refractivity contribution is 9.10. The molecule has 0 spiro atoms. The third kappa shape index (κ3) is 5.01. The fourth-order valence-electron chi connectivity index (χ4n) is 4.15. The van der Waals surface area contributed by atoms with Gasteiger partial charge in [-0.25, -0.2) is 9.69 Å². The maximum Gasteiger partial charge on any atom is 0.335 e. The van der Waals surface area contributed by atoms with Crippen LogP contribution in [-0.4, -0.2) is 25.0 Å². The quantitative estimate of drug-likeness (QED) is 0.204. The van der Waals surface area contributed by atoms with Crippen molar-refractivity contribution in [2.75, 3.05) is 12.0 Å². The number of imide groups is 2. The highest BCUT2D eigenvalue weighted by Gasteiger charge is 2.37. The van der Waals surface area contributed by atoms with Crippen LogP contribution in [0.4, 0.5) is 10.5 Å². The van der Waals surface area contributed by atoms with E-state index in [-0.39, 0.29) is 11.3 Å². The highest BCUT2D eigenvalue weighted by Crippen LogP contribution is 2.36. The molecule has 1 aliphatic heterocycles. The lowest BCUT2D eigenvalue weighted by Crippen LogP contribution is -2.54. The van der Waals surface area contributed by atoms with Crippen LogP contribution in [0.1, 0.15) is 11.1 Å². The predicted octanol–water partition coefficient (Wildman–Crippen LogP) is 6.51. The van der Waals surface area contributed by atoms with Crippen molar-refractivity contribution in [2.45, 2.75) is 6.61 Å². The summed E-state index contributed by atoms with van der Waals surface area (Å²) in [4.78, 5) is 39.2. The first kappa shape index (κ1) is 25.5. The molecule has 0 atom stereocenters. The van der Waals surface area contributed by atoms with E-state index in [1.165, 1.54) is 25.3 Å². The standard InChI is InChI=1S/C29H20BrClN2O5/c1-37-25-14-19(13-23-27(34)32-29(36)33(28(23)35)21-11-9-20(31)10-12-21)24(30)15-26(25)38-16-18-7-4-6-17-5-2-3-8-22(17)18/h2-15H,16H2,1H3,(H,32,34,36)/b23-13+. The van der Waals surface area contributed by atoms with Crippen LogP contribution in [0, 0.1) is 0 Å². The number of amides is 4. The second kappa shape index (κ2) is 10.7. The van der Waals surface area contributed by atoms with E-state index < -0.39 is 17.8 Å². The van der Waals surface area contributed by atoms with Gasteiger partial charge in [0.15, 0.2) is 11.5 Å². The van der Waals surface area contributed by atoms with Gasteiger partial charge in [0.05, 0.1) is 12.8 Å². The molecule has 38 heavy (non-hydrogen) atoms. The molecule has 1 fully saturated rings. The van der Waals surface area contributed by atoms with Gasteiger partial charge in [0.1, 0.15) is 12.2 Å². The number of fused-ring (bicyclic) bond motifs is 1. The summed E-state index contributed by atoms with van der Waals surface area (Å²) in [6.07, 6.45) is 1.40. The second-order valence-corrected chi connectivity index (χ2v) is 9.68. The van der Waals surface area contributed by atoms with Crippen LogP contribution in [0.2, 0.25) is 5.02 Å². The summed E-state index contributed by atoms with van der Waals surface area (Å²) in [6, 6.07) is 22.8. The number of anilines is 1. The van der Waals surface area contributed by atoms with Crippen molar-refractivity contribution in [3.63, 3.8) is 0 Å². The Kier molecular flexibility index (Phi) is 7.18. The summed E-state index contributed by atoms with van der Waals surface area (Å²) in [5, 5.41) is 4.87. The van der Waals surface area contributed by atoms with Crippen LogP contribution >= 0.6 is 27.5 Å². The van der Waals surface area contributed by atoms with Crippen LogP contribution in [0.15, 0.2) is 88.9 Å². The van der Waals surface area contributed by atoms with E-state index in [0.29, 0.717) is 33.2 Å². The number of nitrogens with zero attached hydrogens (tertiary/aromatic N) is 1. The topological polar surface area (TPSA) is 84.9 Å². The number of ether oxygens (including phenoxy) is 2. The van der Waals surface area contributed by atoms with Crippen molar-refractivity contribution < 1.29 is 23.9 Å². The Morgan fingerprint density at radius 2 is 1.68 bits per heavy atom. The second-order valence-electron chi connectivity index (χ2n) is 8.39. The molecule has 9 heteroatoms. The summed E-state index contributed by atoms with van der Waals surface area (Å²) in [6.45, 7) is 0.309. The number of carbonyl (C=O) groups is 3.